The van der Waals surface area contributed by atoms with E-state index in [0.29, 0.717) is 11.3 Å². The van der Waals surface area contributed by atoms with Gasteiger partial charge in [0.1, 0.15) is 0 Å². The molecule has 0 radical (unpaired) electrons. The lowest BCUT2D eigenvalue weighted by molar-refractivity contribution is -0.113. The molecule has 0 aromatic heterocycles. The molecule has 1 aliphatic carbocycles. The Morgan fingerprint density at radius 2 is 1.88 bits per heavy atom. The lowest BCUT2D eigenvalue weighted by Crippen LogP contribution is -2.51. The molecule has 1 aromatic carbocycles. The van der Waals surface area contributed by atoms with E-state index >= 15 is 0 Å². The third-order valence-electron chi connectivity index (χ3n) is 5.30. The zero-order valence-electron chi connectivity index (χ0n) is 13.8. The Morgan fingerprint density at radius 1 is 1.12 bits per heavy atom. The van der Waals surface area contributed by atoms with Crippen LogP contribution in [0.2, 0.25) is 0 Å². The number of carbonyl (C=O) groups is 2. The largest absolute Gasteiger partial charge is 0.336 e. The van der Waals surface area contributed by atoms with Gasteiger partial charge in [0.2, 0.25) is 5.91 Å². The second-order valence-electron chi connectivity index (χ2n) is 6.81. The quantitative estimate of drug-likeness (QED) is 0.894. The van der Waals surface area contributed by atoms with E-state index in [1.807, 2.05) is 23.1 Å². The maximum atomic E-state index is 12.8. The third kappa shape index (κ3) is 3.17. The average Bonchev–Trinajstić information content (AvgIpc) is 3.15. The van der Waals surface area contributed by atoms with Crippen LogP contribution in [0.25, 0.3) is 0 Å². The maximum Gasteiger partial charge on any atom is 0.254 e. The van der Waals surface area contributed by atoms with Gasteiger partial charge in [0.05, 0.1) is 11.4 Å². The van der Waals surface area contributed by atoms with Crippen molar-refractivity contribution in [1.29, 1.82) is 0 Å². The number of thioether (sulfide) groups is 1. The van der Waals surface area contributed by atoms with Gasteiger partial charge in [-0.25, -0.2) is 0 Å². The minimum atomic E-state index is 0.00211. The van der Waals surface area contributed by atoms with Crippen molar-refractivity contribution in [3.8, 4) is 0 Å². The molecule has 6 heteroatoms. The highest BCUT2D eigenvalue weighted by Gasteiger charge is 2.28. The van der Waals surface area contributed by atoms with E-state index in [-0.39, 0.29) is 11.8 Å². The number of nitrogens with zero attached hydrogens (tertiary/aromatic N) is 2. The number of nitrogens with one attached hydrogen (secondary N) is 1. The summed E-state index contributed by atoms with van der Waals surface area (Å²) >= 11 is 1.52. The molecule has 0 spiro atoms. The third-order valence-corrected chi connectivity index (χ3v) is 6.38. The van der Waals surface area contributed by atoms with E-state index in [1.165, 1.54) is 37.4 Å². The topological polar surface area (TPSA) is 52.7 Å². The highest BCUT2D eigenvalue weighted by Crippen LogP contribution is 2.32. The first-order valence-corrected chi connectivity index (χ1v) is 9.79. The van der Waals surface area contributed by atoms with E-state index in [0.717, 1.165) is 42.8 Å². The van der Waals surface area contributed by atoms with Crippen LogP contribution in [0.15, 0.2) is 23.1 Å². The molecule has 1 aromatic rings. The SMILES string of the molecule is O=C1CSc2ccc(C(=O)N3CCN(C4CCCC4)CC3)cc2N1. The predicted molar refractivity (Wildman–Crippen MR) is 95.5 cm³/mol. The van der Waals surface area contributed by atoms with Crippen molar-refractivity contribution < 1.29 is 9.59 Å². The number of hydrogen-bond acceptors (Lipinski definition) is 4. The fraction of sp³-hybridized carbons (Fsp3) is 0.556. The van der Waals surface area contributed by atoms with E-state index < -0.39 is 0 Å². The van der Waals surface area contributed by atoms with E-state index in [9.17, 15) is 9.59 Å². The number of anilines is 1. The van der Waals surface area contributed by atoms with Crippen LogP contribution in [0.1, 0.15) is 36.0 Å². The molecule has 0 atom stereocenters. The fourth-order valence-corrected chi connectivity index (χ4v) is 4.75. The van der Waals surface area contributed by atoms with E-state index in [1.54, 1.807) is 0 Å². The molecule has 3 aliphatic rings. The minimum absolute atomic E-state index is 0.00211. The van der Waals surface area contributed by atoms with Gasteiger partial charge in [-0.2, -0.15) is 0 Å². The van der Waals surface area contributed by atoms with Crippen molar-refractivity contribution >= 4 is 29.3 Å². The predicted octanol–water partition coefficient (Wildman–Crippen LogP) is 2.43. The van der Waals surface area contributed by atoms with Crippen LogP contribution in [0.5, 0.6) is 0 Å². The highest BCUT2D eigenvalue weighted by molar-refractivity contribution is 8.00. The maximum absolute atomic E-state index is 12.8. The summed E-state index contributed by atoms with van der Waals surface area (Å²) in [6.07, 6.45) is 5.33. The number of fused-ring (bicyclic) bond motifs is 1. The lowest BCUT2D eigenvalue weighted by Gasteiger charge is -2.38. The smallest absolute Gasteiger partial charge is 0.254 e. The van der Waals surface area contributed by atoms with Crippen LogP contribution in [0, 0.1) is 0 Å². The summed E-state index contributed by atoms with van der Waals surface area (Å²) < 4.78 is 0. The van der Waals surface area contributed by atoms with E-state index in [4.69, 9.17) is 0 Å². The number of hydrogen-bond donors (Lipinski definition) is 1. The van der Waals surface area contributed by atoms with Crippen molar-refractivity contribution in [3.63, 3.8) is 0 Å². The second-order valence-corrected chi connectivity index (χ2v) is 7.83. The molecule has 2 fully saturated rings. The van der Waals surface area contributed by atoms with Gasteiger partial charge in [-0.15, -0.1) is 11.8 Å². The van der Waals surface area contributed by atoms with Crippen LogP contribution in [0.3, 0.4) is 0 Å². The van der Waals surface area contributed by atoms with Gasteiger partial charge in [0, 0.05) is 42.7 Å². The Hall–Kier alpha value is -1.53. The monoisotopic (exact) mass is 345 g/mol. The molecule has 0 bridgehead atoms. The first-order valence-electron chi connectivity index (χ1n) is 8.81. The summed E-state index contributed by atoms with van der Waals surface area (Å²) in [5.74, 6) is 0.527. The van der Waals surface area contributed by atoms with Gasteiger partial charge in [-0.05, 0) is 31.0 Å². The molecular formula is C18H23N3O2S. The van der Waals surface area contributed by atoms with E-state index in [2.05, 4.69) is 10.2 Å². The summed E-state index contributed by atoms with van der Waals surface area (Å²) in [5, 5.41) is 2.86. The second kappa shape index (κ2) is 6.76. The van der Waals surface area contributed by atoms with Crippen molar-refractivity contribution in [1.82, 2.24) is 9.80 Å². The molecular weight excluding hydrogens is 322 g/mol. The molecule has 2 amide bonds. The normalized spacial score (nSPS) is 22.3. The van der Waals surface area contributed by atoms with Crippen LogP contribution in [0.4, 0.5) is 5.69 Å². The van der Waals surface area contributed by atoms with Gasteiger partial charge in [-0.1, -0.05) is 12.8 Å². The molecule has 1 saturated heterocycles. The molecule has 2 heterocycles. The van der Waals surface area contributed by atoms with Crippen molar-refractivity contribution in [2.24, 2.45) is 0 Å². The summed E-state index contributed by atoms with van der Waals surface area (Å²) in [7, 11) is 0. The van der Waals surface area contributed by atoms with Gasteiger partial charge >= 0.3 is 0 Å². The average molecular weight is 345 g/mol. The van der Waals surface area contributed by atoms with Gasteiger partial charge in [0.25, 0.3) is 5.91 Å². The fourth-order valence-electron chi connectivity index (χ4n) is 3.96. The lowest BCUT2D eigenvalue weighted by atomic mass is 10.1. The molecule has 5 nitrogen and oxygen atoms in total. The Labute approximate surface area is 146 Å². The van der Waals surface area contributed by atoms with Crippen LogP contribution in [-0.4, -0.2) is 59.6 Å². The summed E-state index contributed by atoms with van der Waals surface area (Å²) in [6, 6.07) is 6.39. The van der Waals surface area contributed by atoms with Crippen LogP contribution in [-0.2, 0) is 4.79 Å². The molecule has 1 N–H and O–H groups in total. The molecule has 0 unspecified atom stereocenters. The first-order chi connectivity index (χ1) is 11.7. The van der Waals surface area contributed by atoms with Gasteiger partial charge in [0.15, 0.2) is 0 Å². The molecule has 1 saturated carbocycles. The number of benzene rings is 1. The van der Waals surface area contributed by atoms with Crippen LogP contribution < -0.4 is 5.32 Å². The highest BCUT2D eigenvalue weighted by atomic mass is 32.2. The molecule has 4 rings (SSSR count). The number of rotatable bonds is 2. The Bertz CT molecular complexity index is 650. The van der Waals surface area contributed by atoms with Crippen molar-refractivity contribution in [2.45, 2.75) is 36.6 Å². The number of piperazine rings is 1. The molecule has 2 aliphatic heterocycles. The summed E-state index contributed by atoms with van der Waals surface area (Å²) in [6.45, 7) is 3.56. The number of carbonyl (C=O) groups excluding carboxylic acids is 2. The van der Waals surface area contributed by atoms with Gasteiger partial charge < -0.3 is 10.2 Å². The Balaban J connectivity index is 1.41. The Morgan fingerprint density at radius 3 is 2.62 bits per heavy atom. The molecule has 24 heavy (non-hydrogen) atoms. The first kappa shape index (κ1) is 16.0. The zero-order valence-corrected chi connectivity index (χ0v) is 14.6. The van der Waals surface area contributed by atoms with Gasteiger partial charge in [-0.3, -0.25) is 14.5 Å². The zero-order chi connectivity index (χ0) is 16.5. The van der Waals surface area contributed by atoms with Crippen molar-refractivity contribution in [2.75, 3.05) is 37.2 Å². The Kier molecular flexibility index (Phi) is 4.50. The summed E-state index contributed by atoms with van der Waals surface area (Å²) in [5.41, 5.74) is 1.44. The van der Waals surface area contributed by atoms with Crippen LogP contribution >= 0.6 is 11.8 Å². The summed E-state index contributed by atoms with van der Waals surface area (Å²) in [4.78, 5) is 29.9. The van der Waals surface area contributed by atoms with Crippen molar-refractivity contribution in [3.05, 3.63) is 23.8 Å². The minimum Gasteiger partial charge on any atom is -0.336 e. The molecule has 128 valence electrons. The number of amides is 2. The standard InChI is InChI=1S/C18H23N3O2S/c22-17-12-24-16-6-5-13(11-15(16)19-17)18(23)21-9-7-20(8-10-21)14-3-1-2-4-14/h5-6,11,14H,1-4,7-10,12H2,(H,19,22).